The Morgan fingerprint density at radius 2 is 2.04 bits per heavy atom. The number of pyridine rings is 1. The summed E-state index contributed by atoms with van der Waals surface area (Å²) < 4.78 is 5.10. The van der Waals surface area contributed by atoms with Gasteiger partial charge in [-0.3, -0.25) is 4.98 Å². The number of nitriles is 3. The molecular formula is C20H18N6O2. The lowest BCUT2D eigenvalue weighted by molar-refractivity contribution is 0.102. The smallest absolute Gasteiger partial charge is 0.410 e. The molecule has 1 aliphatic heterocycles. The summed E-state index contributed by atoms with van der Waals surface area (Å²) in [6.07, 6.45) is 4.41. The van der Waals surface area contributed by atoms with E-state index in [0.29, 0.717) is 5.57 Å². The predicted molar refractivity (Wildman–Crippen MR) is 97.6 cm³/mol. The molecule has 1 aromatic rings. The average Bonchev–Trinajstić information content (AvgIpc) is 2.74. The van der Waals surface area contributed by atoms with Crippen molar-refractivity contribution in [2.45, 2.75) is 12.8 Å². The van der Waals surface area contributed by atoms with Crippen molar-refractivity contribution in [2.24, 2.45) is 17.1 Å². The molecule has 8 nitrogen and oxygen atoms in total. The van der Waals surface area contributed by atoms with Crippen LogP contribution in [0.5, 0.6) is 0 Å². The molecule has 2 N–H and O–H groups in total. The first-order chi connectivity index (χ1) is 13.5. The van der Waals surface area contributed by atoms with E-state index in [1.165, 1.54) is 4.90 Å². The lowest BCUT2D eigenvalue weighted by atomic mass is 9.60. The average molecular weight is 374 g/mol. The van der Waals surface area contributed by atoms with Crippen molar-refractivity contribution in [3.05, 3.63) is 53.0 Å². The molecule has 0 spiro atoms. The first kappa shape index (κ1) is 18.9. The highest BCUT2D eigenvalue weighted by atomic mass is 16.6. The number of hydrogen-bond acceptors (Lipinski definition) is 7. The maximum atomic E-state index is 12.3. The fourth-order valence-corrected chi connectivity index (χ4v) is 3.95. The Kier molecular flexibility index (Phi) is 5.02. The maximum Gasteiger partial charge on any atom is 0.410 e. The molecule has 1 amide bonds. The Balaban J connectivity index is 2.21. The molecule has 0 saturated heterocycles. The number of nitrogens with two attached hydrogens (primary N) is 1. The van der Waals surface area contributed by atoms with Gasteiger partial charge >= 0.3 is 6.09 Å². The molecule has 3 rings (SSSR count). The van der Waals surface area contributed by atoms with Gasteiger partial charge in [-0.25, -0.2) is 4.79 Å². The minimum absolute atomic E-state index is 0.0473. The molecule has 140 valence electrons. The van der Waals surface area contributed by atoms with Crippen LogP contribution in [-0.4, -0.2) is 35.7 Å². The van der Waals surface area contributed by atoms with Crippen LogP contribution in [0.1, 0.15) is 18.4 Å². The molecule has 8 heteroatoms. The molecule has 0 fully saturated rings. The standard InChI is InChI=1S/C20H18N6O2/c1-2-28-19(27)26-8-5-16-15(10-26)17(13-3-6-25-7-4-13)14(9-21)18(24)20(16,11-22)12-23/h3-7,15,17H,2,8,10,24H2,1H3/t15-,17+/m1/s1. The summed E-state index contributed by atoms with van der Waals surface area (Å²) in [5.74, 6) is -0.951. The van der Waals surface area contributed by atoms with E-state index in [0.717, 1.165) is 5.56 Å². The van der Waals surface area contributed by atoms with Crippen LogP contribution in [0.3, 0.4) is 0 Å². The Labute approximate surface area is 162 Å². The summed E-state index contributed by atoms with van der Waals surface area (Å²) in [7, 11) is 0. The number of aromatic nitrogens is 1. The molecule has 0 aromatic carbocycles. The molecule has 0 saturated carbocycles. The zero-order chi connectivity index (χ0) is 20.3. The van der Waals surface area contributed by atoms with Crippen LogP contribution in [0.15, 0.2) is 47.4 Å². The molecule has 28 heavy (non-hydrogen) atoms. The van der Waals surface area contributed by atoms with Gasteiger partial charge in [0.15, 0.2) is 0 Å². The maximum absolute atomic E-state index is 12.3. The Bertz CT molecular complexity index is 963. The van der Waals surface area contributed by atoms with E-state index in [4.69, 9.17) is 10.5 Å². The molecule has 0 unspecified atom stereocenters. The first-order valence-electron chi connectivity index (χ1n) is 8.78. The number of allylic oxidation sites excluding steroid dienone is 2. The van der Waals surface area contributed by atoms with Crippen molar-refractivity contribution in [3.63, 3.8) is 0 Å². The quantitative estimate of drug-likeness (QED) is 0.780. The number of ether oxygens (including phenoxy) is 1. The lowest BCUT2D eigenvalue weighted by Crippen LogP contribution is -2.48. The number of fused-ring (bicyclic) bond motifs is 1. The van der Waals surface area contributed by atoms with Crippen molar-refractivity contribution in [3.8, 4) is 18.2 Å². The van der Waals surface area contributed by atoms with Gasteiger partial charge in [0.05, 0.1) is 36.1 Å². The van der Waals surface area contributed by atoms with Gasteiger partial charge in [-0.05, 0) is 30.2 Å². The van der Waals surface area contributed by atoms with Gasteiger partial charge in [0.1, 0.15) is 0 Å². The highest BCUT2D eigenvalue weighted by Crippen LogP contribution is 2.52. The topological polar surface area (TPSA) is 140 Å². The largest absolute Gasteiger partial charge is 0.450 e. The highest BCUT2D eigenvalue weighted by molar-refractivity contribution is 5.69. The van der Waals surface area contributed by atoms with Gasteiger partial charge in [0.2, 0.25) is 5.41 Å². The Hall–Kier alpha value is -3.83. The van der Waals surface area contributed by atoms with Gasteiger partial charge < -0.3 is 15.4 Å². The Morgan fingerprint density at radius 3 is 2.61 bits per heavy atom. The monoisotopic (exact) mass is 374 g/mol. The summed E-state index contributed by atoms with van der Waals surface area (Å²) in [5, 5.41) is 29.5. The van der Waals surface area contributed by atoms with Gasteiger partial charge in [0, 0.05) is 37.3 Å². The van der Waals surface area contributed by atoms with Crippen molar-refractivity contribution >= 4 is 6.09 Å². The van der Waals surface area contributed by atoms with Crippen LogP contribution in [-0.2, 0) is 4.74 Å². The van der Waals surface area contributed by atoms with E-state index in [1.54, 1.807) is 37.5 Å². The van der Waals surface area contributed by atoms with Crippen LogP contribution in [0, 0.1) is 45.3 Å². The molecule has 2 heterocycles. The van der Waals surface area contributed by atoms with E-state index in [9.17, 15) is 20.6 Å². The van der Waals surface area contributed by atoms with Crippen LogP contribution >= 0.6 is 0 Å². The Morgan fingerprint density at radius 1 is 1.36 bits per heavy atom. The molecule has 1 aromatic heterocycles. The lowest BCUT2D eigenvalue weighted by Gasteiger charge is -2.44. The normalized spacial score (nSPS) is 22.8. The second kappa shape index (κ2) is 7.42. The fourth-order valence-electron chi connectivity index (χ4n) is 3.95. The van der Waals surface area contributed by atoms with Gasteiger partial charge in [-0.2, -0.15) is 15.8 Å². The summed E-state index contributed by atoms with van der Waals surface area (Å²) in [6.45, 7) is 2.37. The second-order valence-electron chi connectivity index (χ2n) is 6.54. The molecular weight excluding hydrogens is 356 g/mol. The summed E-state index contributed by atoms with van der Waals surface area (Å²) >= 11 is 0. The minimum Gasteiger partial charge on any atom is -0.450 e. The van der Waals surface area contributed by atoms with Crippen LogP contribution in [0.2, 0.25) is 0 Å². The summed E-state index contributed by atoms with van der Waals surface area (Å²) in [4.78, 5) is 17.8. The van der Waals surface area contributed by atoms with Gasteiger partial charge in [-0.1, -0.05) is 6.08 Å². The van der Waals surface area contributed by atoms with E-state index in [1.807, 2.05) is 12.1 Å². The predicted octanol–water partition coefficient (Wildman–Crippen LogP) is 1.96. The number of amides is 1. The second-order valence-corrected chi connectivity index (χ2v) is 6.54. The van der Waals surface area contributed by atoms with Crippen LogP contribution < -0.4 is 5.73 Å². The van der Waals surface area contributed by atoms with Crippen molar-refractivity contribution < 1.29 is 9.53 Å². The van der Waals surface area contributed by atoms with Crippen LogP contribution in [0.25, 0.3) is 0 Å². The van der Waals surface area contributed by atoms with Gasteiger partial charge in [0.25, 0.3) is 0 Å². The van der Waals surface area contributed by atoms with Gasteiger partial charge in [-0.15, -0.1) is 0 Å². The molecule has 2 atom stereocenters. The molecule has 0 bridgehead atoms. The van der Waals surface area contributed by atoms with E-state index in [2.05, 4.69) is 11.1 Å². The number of nitrogens with zero attached hydrogens (tertiary/aromatic N) is 5. The number of hydrogen-bond donors (Lipinski definition) is 1. The fraction of sp³-hybridized carbons (Fsp3) is 0.350. The minimum atomic E-state index is -1.72. The third-order valence-electron chi connectivity index (χ3n) is 5.24. The summed E-state index contributed by atoms with van der Waals surface area (Å²) in [6, 6.07) is 9.65. The number of carbonyl (C=O) groups is 1. The summed E-state index contributed by atoms with van der Waals surface area (Å²) in [5.41, 5.74) is 5.92. The number of rotatable bonds is 2. The van der Waals surface area contributed by atoms with Crippen molar-refractivity contribution in [1.29, 1.82) is 15.8 Å². The first-order valence-corrected chi connectivity index (χ1v) is 8.78. The molecule has 0 radical (unpaired) electrons. The SMILES string of the molecule is CCOC(=O)N1CC=C2[C@@H](C1)[C@@H](c1ccncc1)C(C#N)=C(N)C2(C#N)C#N. The van der Waals surface area contributed by atoms with E-state index in [-0.39, 0.29) is 31.0 Å². The zero-order valence-electron chi connectivity index (χ0n) is 15.3. The van der Waals surface area contributed by atoms with E-state index >= 15 is 0 Å². The molecule has 2 aliphatic rings. The highest BCUT2D eigenvalue weighted by Gasteiger charge is 2.53. The van der Waals surface area contributed by atoms with Crippen molar-refractivity contribution in [2.75, 3.05) is 19.7 Å². The third-order valence-corrected chi connectivity index (χ3v) is 5.24. The van der Waals surface area contributed by atoms with E-state index < -0.39 is 23.3 Å². The molecule has 1 aliphatic carbocycles. The van der Waals surface area contributed by atoms with Crippen LogP contribution in [0.4, 0.5) is 4.79 Å². The number of carbonyl (C=O) groups excluding carboxylic acids is 1. The zero-order valence-corrected chi connectivity index (χ0v) is 15.3. The van der Waals surface area contributed by atoms with Crippen molar-refractivity contribution in [1.82, 2.24) is 9.88 Å². The third kappa shape index (κ3) is 2.74.